The predicted octanol–water partition coefficient (Wildman–Crippen LogP) is 3.28. The van der Waals surface area contributed by atoms with Gasteiger partial charge in [-0.2, -0.15) is 0 Å². The molecule has 37 heavy (non-hydrogen) atoms. The number of carbonyl (C=O) groups excluding carboxylic acids is 3. The first-order valence-corrected chi connectivity index (χ1v) is 12.1. The SMILES string of the molecule is CNC(=O)c1cn(CCCCC(=N)/C=C\C(=N)NC(=O)Cc2cccc(CNC(=O)OC(C)(C)C)c2)[nH]1. The third kappa shape index (κ3) is 11.4. The number of rotatable bonds is 12. The highest BCUT2D eigenvalue weighted by Crippen LogP contribution is 2.09. The number of nitrogens with zero attached hydrogens (tertiary/aromatic N) is 1. The lowest BCUT2D eigenvalue weighted by molar-refractivity contribution is -0.119. The summed E-state index contributed by atoms with van der Waals surface area (Å²) in [6, 6.07) is 7.26. The molecule has 200 valence electrons. The van der Waals surface area contributed by atoms with Gasteiger partial charge in [-0.25, -0.2) is 4.79 Å². The van der Waals surface area contributed by atoms with Gasteiger partial charge in [0, 0.05) is 25.8 Å². The number of nitrogens with one attached hydrogen (secondary N) is 6. The van der Waals surface area contributed by atoms with E-state index in [0.717, 1.165) is 30.5 Å². The highest BCUT2D eigenvalue weighted by atomic mass is 16.6. The average Bonchev–Trinajstić information content (AvgIpc) is 2.78. The van der Waals surface area contributed by atoms with Crippen LogP contribution in [0.5, 0.6) is 0 Å². The first kappa shape index (κ1) is 29.1. The second-order valence-electron chi connectivity index (χ2n) is 9.56. The van der Waals surface area contributed by atoms with Gasteiger partial charge in [0.05, 0.1) is 12.6 Å². The minimum Gasteiger partial charge on any atom is -0.444 e. The van der Waals surface area contributed by atoms with Crippen molar-refractivity contribution in [2.75, 3.05) is 7.05 Å². The molecule has 1 aromatic heterocycles. The van der Waals surface area contributed by atoms with Crippen LogP contribution >= 0.6 is 0 Å². The van der Waals surface area contributed by atoms with E-state index in [1.165, 1.54) is 12.2 Å². The standard InChI is InChI=1S/C26H37N7O4/c1-26(2,3)37-25(36)30-16-19-9-7-8-18(14-19)15-23(34)31-22(28)12-11-20(27)10-5-6-13-33-17-21(32-33)24(35)29-4/h7-9,11-12,14,17,27,32H,5-6,10,13,15-16H2,1-4H3,(H,29,35)(H,30,36)(H2,28,31,34)/b12-11-,27-20?. The monoisotopic (exact) mass is 511 g/mol. The van der Waals surface area contributed by atoms with Crippen LogP contribution in [0.25, 0.3) is 0 Å². The van der Waals surface area contributed by atoms with E-state index in [2.05, 4.69) is 21.0 Å². The van der Waals surface area contributed by atoms with Gasteiger partial charge in [-0.15, -0.1) is 0 Å². The number of alkyl carbamates (subject to hydrolysis) is 1. The van der Waals surface area contributed by atoms with Gasteiger partial charge in [0.15, 0.2) is 0 Å². The van der Waals surface area contributed by atoms with Crippen molar-refractivity contribution in [3.8, 4) is 0 Å². The molecule has 0 aliphatic rings. The van der Waals surface area contributed by atoms with E-state index >= 15 is 0 Å². The molecule has 2 aromatic rings. The summed E-state index contributed by atoms with van der Waals surface area (Å²) < 4.78 is 7.04. The van der Waals surface area contributed by atoms with Crippen LogP contribution < -0.4 is 16.0 Å². The highest BCUT2D eigenvalue weighted by molar-refractivity contribution is 6.06. The molecule has 1 aromatic carbocycles. The molecule has 11 heteroatoms. The molecule has 11 nitrogen and oxygen atoms in total. The Labute approximate surface area is 217 Å². The van der Waals surface area contributed by atoms with Gasteiger partial charge in [0.1, 0.15) is 17.1 Å². The first-order valence-electron chi connectivity index (χ1n) is 12.1. The maximum atomic E-state index is 12.3. The van der Waals surface area contributed by atoms with E-state index in [1.54, 1.807) is 46.1 Å². The van der Waals surface area contributed by atoms with E-state index in [9.17, 15) is 14.4 Å². The summed E-state index contributed by atoms with van der Waals surface area (Å²) in [5.74, 6) is -0.586. The maximum absolute atomic E-state index is 12.3. The van der Waals surface area contributed by atoms with Crippen LogP contribution in [0, 0.1) is 10.8 Å². The number of allylic oxidation sites excluding steroid dienone is 1. The Balaban J connectivity index is 1.67. The fraction of sp³-hybridized carbons (Fsp3) is 0.423. The topological polar surface area (TPSA) is 165 Å². The molecule has 0 saturated carbocycles. The van der Waals surface area contributed by atoms with Gasteiger partial charge in [-0.05, 0) is 63.3 Å². The predicted molar refractivity (Wildman–Crippen MR) is 142 cm³/mol. The Morgan fingerprint density at radius 2 is 1.81 bits per heavy atom. The van der Waals surface area contributed by atoms with Crippen molar-refractivity contribution in [1.29, 1.82) is 10.8 Å². The molecule has 3 amide bonds. The second kappa shape index (κ2) is 13.8. The summed E-state index contributed by atoms with van der Waals surface area (Å²) in [6.45, 7) is 6.37. The molecule has 0 fully saturated rings. The van der Waals surface area contributed by atoms with Crippen molar-refractivity contribution in [1.82, 2.24) is 25.7 Å². The van der Waals surface area contributed by atoms with E-state index in [1.807, 2.05) is 16.8 Å². The normalized spacial score (nSPS) is 11.2. The minimum atomic E-state index is -0.578. The minimum absolute atomic E-state index is 0.0779. The van der Waals surface area contributed by atoms with Crippen LogP contribution in [0.3, 0.4) is 0 Å². The zero-order valence-electron chi connectivity index (χ0n) is 21.9. The van der Waals surface area contributed by atoms with E-state index in [4.69, 9.17) is 15.6 Å². The second-order valence-corrected chi connectivity index (χ2v) is 9.56. The van der Waals surface area contributed by atoms with E-state index in [-0.39, 0.29) is 30.6 Å². The Morgan fingerprint density at radius 1 is 1.11 bits per heavy atom. The molecule has 0 bridgehead atoms. The number of hydrogen-bond acceptors (Lipinski definition) is 6. The number of ether oxygens (including phenoxy) is 1. The van der Waals surface area contributed by atoms with Crippen molar-refractivity contribution in [3.05, 3.63) is 59.4 Å². The zero-order valence-corrected chi connectivity index (χ0v) is 21.9. The van der Waals surface area contributed by atoms with Crippen molar-refractivity contribution >= 4 is 29.5 Å². The fourth-order valence-corrected chi connectivity index (χ4v) is 3.29. The number of aromatic nitrogens is 2. The van der Waals surface area contributed by atoms with Crippen molar-refractivity contribution in [2.45, 2.75) is 65.1 Å². The summed E-state index contributed by atoms with van der Waals surface area (Å²) in [5.41, 5.74) is 1.89. The molecule has 6 N–H and O–H groups in total. The molecule has 2 rings (SSSR count). The molecule has 0 aliphatic heterocycles. The third-order valence-corrected chi connectivity index (χ3v) is 5.03. The van der Waals surface area contributed by atoms with Crippen LogP contribution in [0.4, 0.5) is 4.79 Å². The molecular weight excluding hydrogens is 474 g/mol. The number of amides is 3. The quantitative estimate of drug-likeness (QED) is 0.146. The Morgan fingerprint density at radius 3 is 2.49 bits per heavy atom. The van der Waals surface area contributed by atoms with Gasteiger partial charge in [-0.1, -0.05) is 24.3 Å². The molecule has 0 spiro atoms. The number of benzene rings is 1. The molecule has 0 saturated heterocycles. The third-order valence-electron chi connectivity index (χ3n) is 5.03. The van der Waals surface area contributed by atoms with Crippen molar-refractivity contribution < 1.29 is 19.1 Å². The van der Waals surface area contributed by atoms with Crippen LogP contribution in [0.2, 0.25) is 0 Å². The van der Waals surface area contributed by atoms with Crippen LogP contribution in [-0.2, 0) is 29.0 Å². The molecule has 0 unspecified atom stereocenters. The van der Waals surface area contributed by atoms with Gasteiger partial charge < -0.3 is 26.1 Å². The number of aromatic amines is 1. The molecular formula is C26H37N7O4. The van der Waals surface area contributed by atoms with Crippen molar-refractivity contribution in [2.24, 2.45) is 0 Å². The average molecular weight is 512 g/mol. The summed E-state index contributed by atoms with van der Waals surface area (Å²) in [5, 5.41) is 26.6. The molecule has 0 aliphatic carbocycles. The lowest BCUT2D eigenvalue weighted by Gasteiger charge is -2.19. The van der Waals surface area contributed by atoms with E-state index in [0.29, 0.717) is 17.8 Å². The lowest BCUT2D eigenvalue weighted by atomic mass is 10.1. The fourth-order valence-electron chi connectivity index (χ4n) is 3.29. The number of H-pyrrole nitrogens is 1. The molecule has 1 heterocycles. The Bertz CT molecular complexity index is 1130. The Kier molecular flexibility index (Phi) is 10.9. The van der Waals surface area contributed by atoms with Gasteiger partial charge in [0.2, 0.25) is 5.91 Å². The van der Waals surface area contributed by atoms with Gasteiger partial charge in [-0.3, -0.25) is 24.8 Å². The Hall–Kier alpha value is -4.15. The molecule has 0 radical (unpaired) electrons. The summed E-state index contributed by atoms with van der Waals surface area (Å²) in [4.78, 5) is 35.5. The largest absolute Gasteiger partial charge is 0.444 e. The van der Waals surface area contributed by atoms with Crippen LogP contribution in [-0.4, -0.2) is 51.9 Å². The van der Waals surface area contributed by atoms with E-state index < -0.39 is 11.7 Å². The number of aryl methyl sites for hydroxylation is 1. The van der Waals surface area contributed by atoms with Crippen LogP contribution in [0.15, 0.2) is 42.6 Å². The lowest BCUT2D eigenvalue weighted by Crippen LogP contribution is -2.32. The number of carbonyl (C=O) groups is 3. The highest BCUT2D eigenvalue weighted by Gasteiger charge is 2.16. The smallest absolute Gasteiger partial charge is 0.407 e. The summed E-state index contributed by atoms with van der Waals surface area (Å²) in [6.07, 6.45) is 6.38. The van der Waals surface area contributed by atoms with Gasteiger partial charge >= 0.3 is 6.09 Å². The maximum Gasteiger partial charge on any atom is 0.407 e. The number of unbranched alkanes of at least 4 members (excludes halogenated alkanes) is 1. The summed E-state index contributed by atoms with van der Waals surface area (Å²) in [7, 11) is 1.58. The number of amidine groups is 1. The van der Waals surface area contributed by atoms with Gasteiger partial charge in [0.25, 0.3) is 5.91 Å². The number of hydrogen-bond donors (Lipinski definition) is 6. The van der Waals surface area contributed by atoms with Crippen molar-refractivity contribution in [3.63, 3.8) is 0 Å². The zero-order chi connectivity index (χ0) is 27.4. The first-order chi connectivity index (χ1) is 17.4. The van der Waals surface area contributed by atoms with Crippen LogP contribution in [0.1, 0.15) is 61.6 Å². The molecule has 0 atom stereocenters. The summed E-state index contributed by atoms with van der Waals surface area (Å²) >= 11 is 0.